The Labute approximate surface area is 108 Å². The van der Waals surface area contributed by atoms with Crippen molar-refractivity contribution in [2.75, 3.05) is 0 Å². The number of hydrogen-bond donors (Lipinski definition) is 1. The number of rotatable bonds is 2. The van der Waals surface area contributed by atoms with Gasteiger partial charge in [-0.15, -0.1) is 0 Å². The SMILES string of the molecule is C[C@H]1CCCC[C@@H]1NC(=O)c1ccc(C#N)cc1. The van der Waals surface area contributed by atoms with Gasteiger partial charge >= 0.3 is 0 Å². The van der Waals surface area contributed by atoms with Crippen molar-refractivity contribution in [3.05, 3.63) is 35.4 Å². The molecule has 3 nitrogen and oxygen atoms in total. The molecule has 94 valence electrons. The Kier molecular flexibility index (Phi) is 3.99. The molecule has 1 saturated carbocycles. The van der Waals surface area contributed by atoms with Crippen LogP contribution in [0.15, 0.2) is 24.3 Å². The predicted octanol–water partition coefficient (Wildman–Crippen LogP) is 2.87. The van der Waals surface area contributed by atoms with Crippen LogP contribution in [0.4, 0.5) is 0 Å². The van der Waals surface area contributed by atoms with Gasteiger partial charge in [0.05, 0.1) is 11.6 Å². The topological polar surface area (TPSA) is 52.9 Å². The summed E-state index contributed by atoms with van der Waals surface area (Å²) in [6.07, 6.45) is 4.73. The van der Waals surface area contributed by atoms with E-state index < -0.39 is 0 Å². The van der Waals surface area contributed by atoms with E-state index in [1.54, 1.807) is 24.3 Å². The predicted molar refractivity (Wildman–Crippen MR) is 70.0 cm³/mol. The molecule has 0 aromatic heterocycles. The van der Waals surface area contributed by atoms with Gasteiger partial charge in [-0.3, -0.25) is 4.79 Å². The summed E-state index contributed by atoms with van der Waals surface area (Å²) in [7, 11) is 0. The average molecular weight is 242 g/mol. The maximum absolute atomic E-state index is 12.1. The molecule has 0 aliphatic heterocycles. The fourth-order valence-electron chi connectivity index (χ4n) is 2.48. The van der Waals surface area contributed by atoms with Crippen molar-refractivity contribution in [2.45, 2.75) is 38.6 Å². The van der Waals surface area contributed by atoms with Gasteiger partial charge in [0.15, 0.2) is 0 Å². The maximum Gasteiger partial charge on any atom is 0.251 e. The molecule has 0 saturated heterocycles. The normalized spacial score (nSPS) is 23.1. The highest BCUT2D eigenvalue weighted by atomic mass is 16.1. The van der Waals surface area contributed by atoms with Crippen LogP contribution in [0, 0.1) is 17.2 Å². The van der Waals surface area contributed by atoms with Crippen LogP contribution in [0.2, 0.25) is 0 Å². The highest BCUT2D eigenvalue weighted by Crippen LogP contribution is 2.23. The molecule has 0 unspecified atom stereocenters. The minimum atomic E-state index is -0.0294. The van der Waals surface area contributed by atoms with Crippen LogP contribution < -0.4 is 5.32 Å². The summed E-state index contributed by atoms with van der Waals surface area (Å²) in [4.78, 5) is 12.1. The first-order valence-electron chi connectivity index (χ1n) is 6.51. The van der Waals surface area contributed by atoms with Crippen LogP contribution in [0.3, 0.4) is 0 Å². The largest absolute Gasteiger partial charge is 0.349 e. The Hall–Kier alpha value is -1.82. The summed E-state index contributed by atoms with van der Waals surface area (Å²) < 4.78 is 0. The number of amides is 1. The van der Waals surface area contributed by atoms with E-state index in [0.29, 0.717) is 23.1 Å². The molecule has 1 amide bonds. The first-order valence-corrected chi connectivity index (χ1v) is 6.51. The number of nitriles is 1. The molecule has 0 bridgehead atoms. The summed E-state index contributed by atoms with van der Waals surface area (Å²) >= 11 is 0. The average Bonchev–Trinajstić information content (AvgIpc) is 2.41. The summed E-state index contributed by atoms with van der Waals surface area (Å²) in [5, 5.41) is 11.8. The van der Waals surface area contributed by atoms with Crippen LogP contribution in [0.5, 0.6) is 0 Å². The molecule has 1 N–H and O–H groups in total. The van der Waals surface area contributed by atoms with Crippen LogP contribution in [0.25, 0.3) is 0 Å². The minimum Gasteiger partial charge on any atom is -0.349 e. The van der Waals surface area contributed by atoms with Crippen LogP contribution in [-0.2, 0) is 0 Å². The molecule has 1 fully saturated rings. The number of carbonyl (C=O) groups is 1. The lowest BCUT2D eigenvalue weighted by Gasteiger charge is -2.29. The second-order valence-corrected chi connectivity index (χ2v) is 5.03. The smallest absolute Gasteiger partial charge is 0.251 e. The molecule has 0 heterocycles. The van der Waals surface area contributed by atoms with E-state index >= 15 is 0 Å². The second kappa shape index (κ2) is 5.68. The summed E-state index contributed by atoms with van der Waals surface area (Å²) in [5.41, 5.74) is 1.21. The molecule has 18 heavy (non-hydrogen) atoms. The standard InChI is InChI=1S/C15H18N2O/c1-11-4-2-3-5-14(11)17-15(18)13-8-6-12(10-16)7-9-13/h6-9,11,14H,2-5H2,1H3,(H,17,18)/t11-,14-/m0/s1. The number of benzene rings is 1. The third kappa shape index (κ3) is 2.89. The Balaban J connectivity index is 2.00. The van der Waals surface area contributed by atoms with Gasteiger partial charge in [0.2, 0.25) is 0 Å². The lowest BCUT2D eigenvalue weighted by atomic mass is 9.86. The molecule has 1 aromatic rings. The molecule has 1 aliphatic rings. The van der Waals surface area contributed by atoms with Gasteiger partial charge in [-0.2, -0.15) is 5.26 Å². The molecular formula is C15H18N2O. The van der Waals surface area contributed by atoms with Gasteiger partial charge < -0.3 is 5.32 Å². The zero-order chi connectivity index (χ0) is 13.0. The highest BCUT2D eigenvalue weighted by Gasteiger charge is 2.23. The minimum absolute atomic E-state index is 0.0294. The van der Waals surface area contributed by atoms with E-state index in [-0.39, 0.29) is 5.91 Å². The number of nitrogens with zero attached hydrogens (tertiary/aromatic N) is 1. The van der Waals surface area contributed by atoms with Gasteiger partial charge in [-0.1, -0.05) is 19.8 Å². The Morgan fingerprint density at radius 2 is 1.94 bits per heavy atom. The molecule has 1 aliphatic carbocycles. The third-order valence-corrected chi connectivity index (χ3v) is 3.70. The van der Waals surface area contributed by atoms with E-state index in [1.165, 1.54) is 19.3 Å². The summed E-state index contributed by atoms with van der Waals surface area (Å²) in [6, 6.07) is 9.12. The molecular weight excluding hydrogens is 224 g/mol. The lowest BCUT2D eigenvalue weighted by molar-refractivity contribution is 0.0910. The van der Waals surface area contributed by atoms with Crippen molar-refractivity contribution in [3.8, 4) is 6.07 Å². The van der Waals surface area contributed by atoms with Crippen molar-refractivity contribution >= 4 is 5.91 Å². The Morgan fingerprint density at radius 3 is 2.56 bits per heavy atom. The Bertz CT molecular complexity index is 458. The van der Waals surface area contributed by atoms with E-state index in [1.807, 2.05) is 6.07 Å². The van der Waals surface area contributed by atoms with Crippen LogP contribution in [-0.4, -0.2) is 11.9 Å². The molecule has 3 heteroatoms. The van der Waals surface area contributed by atoms with Crippen molar-refractivity contribution in [1.82, 2.24) is 5.32 Å². The fraction of sp³-hybridized carbons (Fsp3) is 0.467. The van der Waals surface area contributed by atoms with Crippen molar-refractivity contribution in [2.24, 2.45) is 5.92 Å². The first-order chi connectivity index (χ1) is 8.70. The van der Waals surface area contributed by atoms with E-state index in [9.17, 15) is 4.79 Å². The molecule has 2 atom stereocenters. The van der Waals surface area contributed by atoms with Crippen molar-refractivity contribution in [1.29, 1.82) is 5.26 Å². The summed E-state index contributed by atoms with van der Waals surface area (Å²) in [6.45, 7) is 2.20. The third-order valence-electron chi connectivity index (χ3n) is 3.70. The highest BCUT2D eigenvalue weighted by molar-refractivity contribution is 5.94. The van der Waals surface area contributed by atoms with E-state index in [0.717, 1.165) is 6.42 Å². The molecule has 2 rings (SSSR count). The Morgan fingerprint density at radius 1 is 1.28 bits per heavy atom. The maximum atomic E-state index is 12.1. The van der Waals surface area contributed by atoms with Gasteiger partial charge in [-0.25, -0.2) is 0 Å². The lowest BCUT2D eigenvalue weighted by Crippen LogP contribution is -2.41. The van der Waals surface area contributed by atoms with E-state index in [4.69, 9.17) is 5.26 Å². The van der Waals surface area contributed by atoms with Crippen molar-refractivity contribution in [3.63, 3.8) is 0 Å². The molecule has 1 aromatic carbocycles. The zero-order valence-corrected chi connectivity index (χ0v) is 10.6. The van der Waals surface area contributed by atoms with Crippen LogP contribution in [0.1, 0.15) is 48.5 Å². The summed E-state index contributed by atoms with van der Waals surface area (Å²) in [5.74, 6) is 0.527. The van der Waals surface area contributed by atoms with Crippen molar-refractivity contribution < 1.29 is 4.79 Å². The second-order valence-electron chi connectivity index (χ2n) is 5.03. The number of hydrogen-bond acceptors (Lipinski definition) is 2. The van der Waals surface area contributed by atoms with Gasteiger partial charge in [0, 0.05) is 11.6 Å². The van der Waals surface area contributed by atoms with Gasteiger partial charge in [0.25, 0.3) is 5.91 Å². The fourth-order valence-corrected chi connectivity index (χ4v) is 2.48. The van der Waals surface area contributed by atoms with E-state index in [2.05, 4.69) is 12.2 Å². The number of carbonyl (C=O) groups excluding carboxylic acids is 1. The zero-order valence-electron chi connectivity index (χ0n) is 10.6. The molecule has 0 spiro atoms. The quantitative estimate of drug-likeness (QED) is 0.867. The van der Waals surface area contributed by atoms with Gasteiger partial charge in [0.1, 0.15) is 0 Å². The monoisotopic (exact) mass is 242 g/mol. The van der Waals surface area contributed by atoms with Crippen LogP contribution >= 0.6 is 0 Å². The first kappa shape index (κ1) is 12.6. The molecule has 0 radical (unpaired) electrons. The van der Waals surface area contributed by atoms with Gasteiger partial charge in [-0.05, 0) is 43.0 Å². The number of nitrogens with one attached hydrogen (secondary N) is 1.